The Bertz CT molecular complexity index is 702. The van der Waals surface area contributed by atoms with Crippen LogP contribution < -0.4 is 11.2 Å². The van der Waals surface area contributed by atoms with Crippen molar-refractivity contribution in [1.82, 2.24) is 9.13 Å². The highest BCUT2D eigenvalue weighted by Crippen LogP contribution is 2.12. The summed E-state index contributed by atoms with van der Waals surface area (Å²) in [5, 5.41) is 0. The van der Waals surface area contributed by atoms with Crippen molar-refractivity contribution in [3.63, 3.8) is 0 Å². The van der Waals surface area contributed by atoms with Gasteiger partial charge in [-0.3, -0.25) is 9.36 Å². The van der Waals surface area contributed by atoms with E-state index in [9.17, 15) is 9.59 Å². The molecule has 0 aliphatic heterocycles. The normalized spacial score (nSPS) is 10.7. The summed E-state index contributed by atoms with van der Waals surface area (Å²) in [4.78, 5) is 24.8. The van der Waals surface area contributed by atoms with Crippen molar-refractivity contribution in [2.75, 3.05) is 0 Å². The van der Waals surface area contributed by atoms with Gasteiger partial charge in [0, 0.05) is 12.2 Å². The van der Waals surface area contributed by atoms with E-state index in [-0.39, 0.29) is 11.2 Å². The minimum Gasteiger partial charge on any atom is -0.296 e. The summed E-state index contributed by atoms with van der Waals surface area (Å²) in [7, 11) is 0. The molecule has 0 spiro atoms. The van der Waals surface area contributed by atoms with Crippen LogP contribution in [0.1, 0.15) is 19.5 Å². The molecule has 0 unspecified atom stereocenters. The van der Waals surface area contributed by atoms with Gasteiger partial charge in [-0.15, -0.1) is 0 Å². The Hall–Kier alpha value is -1.62. The number of hydrogen-bond donors (Lipinski definition) is 0. The third kappa shape index (κ3) is 2.30. The van der Waals surface area contributed by atoms with Gasteiger partial charge in [-0.2, -0.15) is 0 Å². The van der Waals surface area contributed by atoms with Crippen LogP contribution in [-0.4, -0.2) is 9.13 Å². The molecule has 0 N–H and O–H groups in total. The highest BCUT2D eigenvalue weighted by molar-refractivity contribution is 9.10. The molecule has 0 saturated carbocycles. The molecule has 1 aromatic heterocycles. The summed E-state index contributed by atoms with van der Waals surface area (Å²) in [6, 6.07) is 8.96. The highest BCUT2D eigenvalue weighted by Gasteiger charge is 2.16. The fourth-order valence-electron chi connectivity index (χ4n) is 2.14. The first-order chi connectivity index (χ1) is 9.11. The molecule has 1 heterocycles. The van der Waals surface area contributed by atoms with Gasteiger partial charge in [-0.1, -0.05) is 25.1 Å². The van der Waals surface area contributed by atoms with Crippen LogP contribution in [0.25, 0.3) is 5.69 Å². The lowest BCUT2D eigenvalue weighted by Crippen LogP contribution is -2.40. The predicted octanol–water partition coefficient (Wildman–Crippen LogP) is 2.34. The zero-order valence-electron chi connectivity index (χ0n) is 10.9. The molecule has 100 valence electrons. The Labute approximate surface area is 119 Å². The fraction of sp³-hybridized carbons (Fsp3) is 0.286. The van der Waals surface area contributed by atoms with Crippen LogP contribution in [0.2, 0.25) is 0 Å². The van der Waals surface area contributed by atoms with Crippen molar-refractivity contribution < 1.29 is 0 Å². The summed E-state index contributed by atoms with van der Waals surface area (Å²) in [6.45, 7) is 4.36. The second kappa shape index (κ2) is 5.57. The van der Waals surface area contributed by atoms with Crippen molar-refractivity contribution in [1.29, 1.82) is 0 Å². The van der Waals surface area contributed by atoms with Crippen molar-refractivity contribution in [3.05, 3.63) is 61.3 Å². The third-order valence-electron chi connectivity index (χ3n) is 3.06. The molecule has 2 aromatic rings. The van der Waals surface area contributed by atoms with Gasteiger partial charge in [0.25, 0.3) is 5.56 Å². The molecule has 0 aliphatic carbocycles. The molecule has 5 heteroatoms. The monoisotopic (exact) mass is 322 g/mol. The van der Waals surface area contributed by atoms with E-state index >= 15 is 0 Å². The Kier molecular flexibility index (Phi) is 4.04. The first kappa shape index (κ1) is 13.8. The standard InChI is InChI=1S/C14H15BrN2O2/c1-3-11-12(15)13(18)17(14(19)16(11)4-2)10-8-6-5-7-9-10/h5-9H,3-4H2,1-2H3. The molecular formula is C14H15BrN2O2. The van der Waals surface area contributed by atoms with Crippen molar-refractivity contribution in [2.45, 2.75) is 26.8 Å². The maximum Gasteiger partial charge on any atom is 0.335 e. The topological polar surface area (TPSA) is 44.0 Å². The maximum atomic E-state index is 12.5. The zero-order chi connectivity index (χ0) is 14.0. The summed E-state index contributed by atoms with van der Waals surface area (Å²) in [5.74, 6) is 0. The van der Waals surface area contributed by atoms with Gasteiger partial charge in [-0.25, -0.2) is 9.36 Å². The minimum absolute atomic E-state index is 0.293. The van der Waals surface area contributed by atoms with Gasteiger partial charge in [0.05, 0.1) is 5.69 Å². The summed E-state index contributed by atoms with van der Waals surface area (Å²) in [6.07, 6.45) is 0.633. The lowest BCUT2D eigenvalue weighted by molar-refractivity contribution is 0.619. The van der Waals surface area contributed by atoms with E-state index in [1.807, 2.05) is 19.9 Å². The van der Waals surface area contributed by atoms with Crippen LogP contribution in [0.3, 0.4) is 0 Å². The average molecular weight is 323 g/mol. The number of halogens is 1. The van der Waals surface area contributed by atoms with Crippen LogP contribution in [-0.2, 0) is 13.0 Å². The molecule has 1 aromatic carbocycles. The van der Waals surface area contributed by atoms with Gasteiger partial charge in [0.1, 0.15) is 4.47 Å². The third-order valence-corrected chi connectivity index (χ3v) is 3.85. The molecule has 0 saturated heterocycles. The van der Waals surface area contributed by atoms with E-state index in [1.165, 1.54) is 4.57 Å². The average Bonchev–Trinajstić information content (AvgIpc) is 2.44. The molecule has 0 aliphatic rings. The molecule has 0 amide bonds. The quantitative estimate of drug-likeness (QED) is 0.870. The molecule has 19 heavy (non-hydrogen) atoms. The minimum atomic E-state index is -0.308. The van der Waals surface area contributed by atoms with Gasteiger partial charge in [0.2, 0.25) is 0 Å². The smallest absolute Gasteiger partial charge is 0.296 e. The Morgan fingerprint density at radius 1 is 1.11 bits per heavy atom. The lowest BCUT2D eigenvalue weighted by atomic mass is 10.3. The fourth-order valence-corrected chi connectivity index (χ4v) is 2.81. The van der Waals surface area contributed by atoms with Gasteiger partial charge >= 0.3 is 5.69 Å². The summed E-state index contributed by atoms with van der Waals surface area (Å²) >= 11 is 3.32. The molecule has 2 rings (SSSR count). The summed E-state index contributed by atoms with van der Waals surface area (Å²) < 4.78 is 3.28. The van der Waals surface area contributed by atoms with Crippen LogP contribution in [0.15, 0.2) is 44.4 Å². The van der Waals surface area contributed by atoms with E-state index in [0.717, 1.165) is 5.69 Å². The van der Waals surface area contributed by atoms with E-state index in [0.29, 0.717) is 23.1 Å². The van der Waals surface area contributed by atoms with E-state index in [1.54, 1.807) is 28.8 Å². The highest BCUT2D eigenvalue weighted by atomic mass is 79.9. The maximum absolute atomic E-state index is 12.5. The number of nitrogens with zero attached hydrogens (tertiary/aromatic N) is 2. The summed E-state index contributed by atoms with van der Waals surface area (Å²) in [5.41, 5.74) is 0.726. The second-order valence-electron chi connectivity index (χ2n) is 4.12. The van der Waals surface area contributed by atoms with Gasteiger partial charge in [-0.05, 0) is 41.4 Å². The number of para-hydroxylation sites is 1. The number of hydrogen-bond acceptors (Lipinski definition) is 2. The molecular weight excluding hydrogens is 308 g/mol. The largest absolute Gasteiger partial charge is 0.335 e. The SMILES string of the molecule is CCc1c(Br)c(=O)n(-c2ccccc2)c(=O)n1CC. The Balaban J connectivity index is 2.88. The van der Waals surface area contributed by atoms with Crippen molar-refractivity contribution >= 4 is 15.9 Å². The molecule has 0 fully saturated rings. The van der Waals surface area contributed by atoms with Crippen LogP contribution >= 0.6 is 15.9 Å². The zero-order valence-corrected chi connectivity index (χ0v) is 12.5. The van der Waals surface area contributed by atoms with E-state index < -0.39 is 0 Å². The molecule has 0 radical (unpaired) electrons. The van der Waals surface area contributed by atoms with Gasteiger partial charge < -0.3 is 0 Å². The predicted molar refractivity (Wildman–Crippen MR) is 79.1 cm³/mol. The second-order valence-corrected chi connectivity index (χ2v) is 4.91. The van der Waals surface area contributed by atoms with Crippen LogP contribution in [0.4, 0.5) is 0 Å². The van der Waals surface area contributed by atoms with Gasteiger partial charge in [0.15, 0.2) is 0 Å². The molecule has 0 bridgehead atoms. The van der Waals surface area contributed by atoms with E-state index in [2.05, 4.69) is 15.9 Å². The number of rotatable bonds is 3. The Morgan fingerprint density at radius 3 is 2.26 bits per heavy atom. The number of aromatic nitrogens is 2. The molecule has 4 nitrogen and oxygen atoms in total. The van der Waals surface area contributed by atoms with Crippen LogP contribution in [0, 0.1) is 0 Å². The first-order valence-electron chi connectivity index (χ1n) is 6.21. The van der Waals surface area contributed by atoms with Crippen molar-refractivity contribution in [3.8, 4) is 5.69 Å². The van der Waals surface area contributed by atoms with Crippen LogP contribution in [0.5, 0.6) is 0 Å². The lowest BCUT2D eigenvalue weighted by Gasteiger charge is -2.14. The van der Waals surface area contributed by atoms with Crippen molar-refractivity contribution in [2.24, 2.45) is 0 Å². The number of benzene rings is 1. The first-order valence-corrected chi connectivity index (χ1v) is 7.00. The van der Waals surface area contributed by atoms with E-state index in [4.69, 9.17) is 0 Å². The molecule has 0 atom stereocenters. The Morgan fingerprint density at radius 2 is 1.74 bits per heavy atom.